The minimum Gasteiger partial charge on any atom is -0.373 e. The van der Waals surface area contributed by atoms with E-state index in [1.807, 2.05) is 12.1 Å². The summed E-state index contributed by atoms with van der Waals surface area (Å²) in [4.78, 5) is 19.0. The third-order valence-corrected chi connectivity index (χ3v) is 4.91. The van der Waals surface area contributed by atoms with E-state index < -0.39 is 0 Å². The summed E-state index contributed by atoms with van der Waals surface area (Å²) in [5.74, 6) is 0.766. The number of morpholine rings is 1. The number of carbonyl (C=O) groups excluding carboxylic acids is 1. The molecule has 124 valence electrons. The second-order valence-electron chi connectivity index (χ2n) is 6.81. The molecule has 0 radical (unpaired) electrons. The molecule has 0 spiro atoms. The van der Waals surface area contributed by atoms with Crippen molar-refractivity contribution in [2.45, 2.75) is 43.9 Å². The van der Waals surface area contributed by atoms with Gasteiger partial charge in [0.15, 0.2) is 0 Å². The van der Waals surface area contributed by atoms with E-state index in [4.69, 9.17) is 4.74 Å². The van der Waals surface area contributed by atoms with Gasteiger partial charge in [0, 0.05) is 31.4 Å². The standard InChI is InChI=1S/C17H24N4O2/c22-17(12-3-6-16(18-8-12)20-13-4-5-13)19-9-15-10-21-7-1-2-14(21)11-23-15/h3,6,8,13-15H,1-2,4-5,7,9-11H2,(H,18,20)(H,19,22)/t14-,15-/m0/s1. The molecule has 23 heavy (non-hydrogen) atoms. The topological polar surface area (TPSA) is 66.5 Å². The summed E-state index contributed by atoms with van der Waals surface area (Å²) in [5.41, 5.74) is 0.598. The highest BCUT2D eigenvalue weighted by Crippen LogP contribution is 2.24. The highest BCUT2D eigenvalue weighted by Gasteiger charge is 2.32. The number of fused-ring (bicyclic) bond motifs is 1. The predicted octanol–water partition coefficient (Wildman–Crippen LogP) is 1.25. The third kappa shape index (κ3) is 3.64. The Morgan fingerprint density at radius 3 is 3.04 bits per heavy atom. The largest absolute Gasteiger partial charge is 0.373 e. The van der Waals surface area contributed by atoms with Crippen LogP contribution >= 0.6 is 0 Å². The van der Waals surface area contributed by atoms with Crippen LogP contribution in [-0.2, 0) is 4.74 Å². The minimum absolute atomic E-state index is 0.0809. The lowest BCUT2D eigenvalue weighted by Gasteiger charge is -2.35. The van der Waals surface area contributed by atoms with E-state index in [0.717, 1.165) is 25.5 Å². The van der Waals surface area contributed by atoms with Gasteiger partial charge in [0.25, 0.3) is 5.91 Å². The van der Waals surface area contributed by atoms with Crippen LogP contribution < -0.4 is 10.6 Å². The number of anilines is 1. The van der Waals surface area contributed by atoms with Crippen LogP contribution in [-0.4, -0.2) is 60.2 Å². The molecular weight excluding hydrogens is 292 g/mol. The van der Waals surface area contributed by atoms with Crippen LogP contribution in [0.5, 0.6) is 0 Å². The summed E-state index contributed by atoms with van der Waals surface area (Å²) >= 11 is 0. The van der Waals surface area contributed by atoms with Crippen LogP contribution in [0.4, 0.5) is 5.82 Å². The normalized spacial score (nSPS) is 27.5. The summed E-state index contributed by atoms with van der Waals surface area (Å²) in [6.45, 7) is 3.44. The lowest BCUT2D eigenvalue weighted by molar-refractivity contribution is -0.0461. The lowest BCUT2D eigenvalue weighted by atomic mass is 10.2. The van der Waals surface area contributed by atoms with Crippen molar-refractivity contribution in [3.63, 3.8) is 0 Å². The van der Waals surface area contributed by atoms with E-state index >= 15 is 0 Å². The Bertz CT molecular complexity index is 558. The van der Waals surface area contributed by atoms with E-state index in [2.05, 4.69) is 20.5 Å². The zero-order valence-electron chi connectivity index (χ0n) is 13.3. The van der Waals surface area contributed by atoms with Crippen LogP contribution in [0.3, 0.4) is 0 Å². The van der Waals surface area contributed by atoms with Crippen LogP contribution in [0.15, 0.2) is 18.3 Å². The van der Waals surface area contributed by atoms with Gasteiger partial charge in [0.05, 0.1) is 18.3 Å². The highest BCUT2D eigenvalue weighted by atomic mass is 16.5. The molecule has 2 aliphatic heterocycles. The Hall–Kier alpha value is -1.66. The number of carbonyl (C=O) groups is 1. The first-order chi connectivity index (χ1) is 11.3. The molecule has 2 saturated heterocycles. The zero-order chi connectivity index (χ0) is 15.6. The summed E-state index contributed by atoms with van der Waals surface area (Å²) in [5, 5.41) is 6.29. The van der Waals surface area contributed by atoms with Crippen LogP contribution in [0.25, 0.3) is 0 Å². The Kier molecular flexibility index (Phi) is 4.18. The monoisotopic (exact) mass is 316 g/mol. The molecule has 1 aromatic rings. The zero-order valence-corrected chi connectivity index (χ0v) is 13.3. The maximum Gasteiger partial charge on any atom is 0.252 e. The molecule has 0 unspecified atom stereocenters. The van der Waals surface area contributed by atoms with Crippen molar-refractivity contribution in [3.05, 3.63) is 23.9 Å². The van der Waals surface area contributed by atoms with E-state index in [9.17, 15) is 4.79 Å². The molecule has 2 atom stereocenters. The number of amides is 1. The Balaban J connectivity index is 1.26. The van der Waals surface area contributed by atoms with Gasteiger partial charge in [0.2, 0.25) is 0 Å². The average Bonchev–Trinajstić information content (AvgIpc) is 3.27. The summed E-state index contributed by atoms with van der Waals surface area (Å²) in [7, 11) is 0. The first-order valence-electron chi connectivity index (χ1n) is 8.64. The fourth-order valence-corrected chi connectivity index (χ4v) is 3.37. The Labute approximate surface area is 136 Å². The van der Waals surface area contributed by atoms with Crippen LogP contribution in [0, 0.1) is 0 Å². The molecule has 0 bridgehead atoms. The first-order valence-corrected chi connectivity index (χ1v) is 8.64. The van der Waals surface area contributed by atoms with Crippen LogP contribution in [0.2, 0.25) is 0 Å². The van der Waals surface area contributed by atoms with E-state index in [1.54, 1.807) is 6.20 Å². The fraction of sp³-hybridized carbons (Fsp3) is 0.647. The third-order valence-electron chi connectivity index (χ3n) is 4.91. The van der Waals surface area contributed by atoms with Crippen LogP contribution in [0.1, 0.15) is 36.0 Å². The average molecular weight is 316 g/mol. The molecule has 1 aromatic heterocycles. The molecule has 6 heteroatoms. The van der Waals surface area contributed by atoms with Crippen molar-refractivity contribution < 1.29 is 9.53 Å². The van der Waals surface area contributed by atoms with Crippen molar-refractivity contribution in [2.24, 2.45) is 0 Å². The molecule has 3 aliphatic rings. The molecule has 1 aliphatic carbocycles. The number of hydrogen-bond acceptors (Lipinski definition) is 5. The number of pyridine rings is 1. The Morgan fingerprint density at radius 2 is 2.26 bits per heavy atom. The second-order valence-corrected chi connectivity index (χ2v) is 6.81. The number of aromatic nitrogens is 1. The molecule has 3 heterocycles. The van der Waals surface area contributed by atoms with Gasteiger partial charge in [-0.3, -0.25) is 9.69 Å². The minimum atomic E-state index is -0.0809. The van der Waals surface area contributed by atoms with Gasteiger partial charge >= 0.3 is 0 Å². The van der Waals surface area contributed by atoms with E-state index in [1.165, 1.54) is 25.7 Å². The highest BCUT2D eigenvalue weighted by molar-refractivity contribution is 5.94. The maximum atomic E-state index is 12.2. The first kappa shape index (κ1) is 14.9. The number of nitrogens with one attached hydrogen (secondary N) is 2. The molecule has 6 nitrogen and oxygen atoms in total. The summed E-state index contributed by atoms with van der Waals surface area (Å²) in [6, 6.07) is 4.86. The quantitative estimate of drug-likeness (QED) is 0.856. The SMILES string of the molecule is O=C(NC[C@H]1CN2CCC[C@H]2CO1)c1ccc(NC2CC2)nc1. The number of nitrogens with zero attached hydrogens (tertiary/aromatic N) is 2. The fourth-order valence-electron chi connectivity index (χ4n) is 3.37. The molecular formula is C17H24N4O2. The molecule has 0 aromatic carbocycles. The number of hydrogen-bond donors (Lipinski definition) is 2. The van der Waals surface area contributed by atoms with Gasteiger partial charge in [0.1, 0.15) is 5.82 Å². The number of ether oxygens (including phenoxy) is 1. The molecule has 3 fully saturated rings. The lowest BCUT2D eigenvalue weighted by Crippen LogP contribution is -2.50. The molecule has 1 saturated carbocycles. The van der Waals surface area contributed by atoms with Crippen molar-refractivity contribution in [1.29, 1.82) is 0 Å². The van der Waals surface area contributed by atoms with Crippen molar-refractivity contribution in [1.82, 2.24) is 15.2 Å². The smallest absolute Gasteiger partial charge is 0.252 e. The Morgan fingerprint density at radius 1 is 1.35 bits per heavy atom. The van der Waals surface area contributed by atoms with Gasteiger partial charge in [-0.2, -0.15) is 0 Å². The van der Waals surface area contributed by atoms with Gasteiger partial charge in [-0.05, 0) is 44.4 Å². The van der Waals surface area contributed by atoms with Crippen molar-refractivity contribution in [2.75, 3.05) is 31.6 Å². The second kappa shape index (κ2) is 6.45. The summed E-state index contributed by atoms with van der Waals surface area (Å²) < 4.78 is 5.87. The predicted molar refractivity (Wildman–Crippen MR) is 87.5 cm³/mol. The van der Waals surface area contributed by atoms with Crippen molar-refractivity contribution in [3.8, 4) is 0 Å². The van der Waals surface area contributed by atoms with Gasteiger partial charge in [-0.1, -0.05) is 0 Å². The summed E-state index contributed by atoms with van der Waals surface area (Å²) in [6.07, 6.45) is 6.66. The van der Waals surface area contributed by atoms with Gasteiger partial charge < -0.3 is 15.4 Å². The van der Waals surface area contributed by atoms with Gasteiger partial charge in [-0.15, -0.1) is 0 Å². The van der Waals surface area contributed by atoms with E-state index in [-0.39, 0.29) is 12.0 Å². The molecule has 4 rings (SSSR count). The molecule has 2 N–H and O–H groups in total. The maximum absolute atomic E-state index is 12.2. The van der Waals surface area contributed by atoms with E-state index in [0.29, 0.717) is 24.2 Å². The number of rotatable bonds is 5. The van der Waals surface area contributed by atoms with Gasteiger partial charge in [-0.25, -0.2) is 4.98 Å². The van der Waals surface area contributed by atoms with Crippen molar-refractivity contribution >= 4 is 11.7 Å². The molecule has 1 amide bonds.